The molecule has 1 atom stereocenters. The van der Waals surface area contributed by atoms with Crippen molar-refractivity contribution in [3.8, 4) is 11.1 Å². The van der Waals surface area contributed by atoms with E-state index >= 15 is 4.39 Å². The van der Waals surface area contributed by atoms with E-state index in [0.717, 1.165) is 41.5 Å². The van der Waals surface area contributed by atoms with Gasteiger partial charge in [0.1, 0.15) is 18.3 Å². The minimum atomic E-state index is -4.24. The lowest BCUT2D eigenvalue weighted by molar-refractivity contribution is -0.155. The Kier molecular flexibility index (Phi) is 13.2. The van der Waals surface area contributed by atoms with Crippen molar-refractivity contribution in [1.29, 1.82) is 0 Å². The van der Waals surface area contributed by atoms with Gasteiger partial charge in [0.15, 0.2) is 0 Å². The highest BCUT2D eigenvalue weighted by molar-refractivity contribution is 7.90. The number of esters is 1. The summed E-state index contributed by atoms with van der Waals surface area (Å²) in [5.74, 6) is -5.12. The van der Waals surface area contributed by atoms with Crippen molar-refractivity contribution < 1.29 is 41.5 Å². The van der Waals surface area contributed by atoms with Crippen LogP contribution < -0.4 is 15.6 Å². The molecule has 4 heterocycles. The monoisotopic (exact) mass is 972 g/mol. The number of hydrogen-bond donors (Lipinski definition) is 3. The number of sulfonamides is 1. The summed E-state index contributed by atoms with van der Waals surface area (Å²) in [6.07, 6.45) is 6.06. The predicted octanol–water partition coefficient (Wildman–Crippen LogP) is 5.61. The fourth-order valence-corrected chi connectivity index (χ4v) is 13.1. The molecule has 4 aromatic carbocycles. The van der Waals surface area contributed by atoms with Crippen LogP contribution in [0.25, 0.3) is 21.9 Å². The minimum Gasteiger partial charge on any atom is -0.464 e. The molecule has 11 rings (SSSR count). The molecule has 2 bridgehead atoms. The molecule has 5 aromatic rings. The lowest BCUT2D eigenvalue weighted by Crippen LogP contribution is -2.65. The first-order chi connectivity index (χ1) is 33.8. The lowest BCUT2D eigenvalue weighted by atomic mass is 9.72. The van der Waals surface area contributed by atoms with Crippen molar-refractivity contribution in [2.24, 2.45) is 11.8 Å². The first-order valence-corrected chi connectivity index (χ1v) is 26.1. The number of benzene rings is 4. The number of nitrogens with one attached hydrogen (secondary N) is 3. The molecular formula is C53H57FN6O9S. The number of H-pyrrole nitrogens is 1. The van der Waals surface area contributed by atoms with Gasteiger partial charge in [-0.3, -0.25) is 28.7 Å². The van der Waals surface area contributed by atoms with Crippen molar-refractivity contribution >= 4 is 44.5 Å². The van der Waals surface area contributed by atoms with E-state index in [1.165, 1.54) is 17.0 Å². The highest BCUT2D eigenvalue weighted by atomic mass is 32.2. The van der Waals surface area contributed by atoms with Crippen LogP contribution >= 0.6 is 0 Å². The van der Waals surface area contributed by atoms with E-state index in [1.54, 1.807) is 29.2 Å². The van der Waals surface area contributed by atoms with Crippen LogP contribution in [0.2, 0.25) is 0 Å². The summed E-state index contributed by atoms with van der Waals surface area (Å²) in [4.78, 5) is 70.5. The zero-order valence-electron chi connectivity index (χ0n) is 38.9. The molecule has 0 spiro atoms. The zero-order chi connectivity index (χ0) is 48.6. The van der Waals surface area contributed by atoms with Gasteiger partial charge < -0.3 is 24.6 Å². The topological polar surface area (TPSA) is 197 Å². The third-order valence-electron chi connectivity index (χ3n) is 15.4. The molecule has 0 radical (unpaired) electrons. The summed E-state index contributed by atoms with van der Waals surface area (Å²) in [7, 11) is -4.24. The van der Waals surface area contributed by atoms with Gasteiger partial charge >= 0.3 is 5.97 Å². The van der Waals surface area contributed by atoms with Crippen LogP contribution in [0.3, 0.4) is 0 Å². The third kappa shape index (κ3) is 9.62. The van der Waals surface area contributed by atoms with Crippen molar-refractivity contribution in [1.82, 2.24) is 30.0 Å². The fourth-order valence-electron chi connectivity index (χ4n) is 11.5. The van der Waals surface area contributed by atoms with Crippen molar-refractivity contribution in [3.05, 3.63) is 135 Å². The number of hydrogen-bond acceptors (Lipinski definition) is 11. The molecule has 2 saturated carbocycles. The molecule has 3 amide bonds. The number of piperazine rings is 1. The molecule has 5 fully saturated rings. The summed E-state index contributed by atoms with van der Waals surface area (Å²) < 4.78 is 57.3. The van der Waals surface area contributed by atoms with Crippen LogP contribution in [0, 0.1) is 17.7 Å². The normalized spacial score (nSPS) is 21.8. The van der Waals surface area contributed by atoms with Crippen LogP contribution in [0.15, 0.2) is 95.8 Å². The van der Waals surface area contributed by atoms with E-state index in [9.17, 15) is 32.4 Å². The standard InChI is InChI=1S/C53H57FN6O9S/c54-44-19-18-34(29-45-40-16-8-9-17-41(40)48(62)57-56-45)28-42(44)50(64)60-26-24-59(25-27-60)46(61)30-55-52-20-22-53(23-21-52,69-32-52)33-70(66,67)58-49(63)47(35-10-2-1-3-11-35)51(65)68-31-43-38-14-6-4-12-36(38)37-13-5-7-15-39(37)43/h4-9,12-19,28,35,43,47,55H,1-3,10-11,20-27,29-33H2,(H,57,62)(H,58,63). The molecule has 366 valence electrons. The van der Waals surface area contributed by atoms with Crippen LogP contribution in [0.4, 0.5) is 4.39 Å². The van der Waals surface area contributed by atoms with Crippen LogP contribution in [-0.4, -0.2) is 115 Å². The average Bonchev–Trinajstić information content (AvgIpc) is 3.70. The Hall–Kier alpha value is -6.30. The van der Waals surface area contributed by atoms with Gasteiger partial charge in [-0.25, -0.2) is 17.9 Å². The number of rotatable bonds is 14. The smallest absolute Gasteiger partial charge is 0.318 e. The molecule has 3 N–H and O–H groups in total. The molecular weight excluding hydrogens is 916 g/mol. The molecule has 17 heteroatoms. The summed E-state index contributed by atoms with van der Waals surface area (Å²) in [6, 6.07) is 27.4. The summed E-state index contributed by atoms with van der Waals surface area (Å²) in [5.41, 5.74) is 3.53. The maximum Gasteiger partial charge on any atom is 0.318 e. The Morgan fingerprint density at radius 1 is 0.829 bits per heavy atom. The summed E-state index contributed by atoms with van der Waals surface area (Å²) in [6.45, 7) is 1.19. The molecule has 15 nitrogen and oxygen atoms in total. The molecule has 3 aliphatic carbocycles. The maximum atomic E-state index is 15.1. The number of fused-ring (bicyclic) bond motifs is 7. The fraction of sp³-hybridized carbons (Fsp3) is 0.434. The highest BCUT2D eigenvalue weighted by Crippen LogP contribution is 2.46. The van der Waals surface area contributed by atoms with Gasteiger partial charge in [0.25, 0.3) is 11.5 Å². The molecule has 1 aromatic heterocycles. The van der Waals surface area contributed by atoms with E-state index in [-0.39, 0.29) is 81.2 Å². The van der Waals surface area contributed by atoms with Gasteiger partial charge in [-0.2, -0.15) is 5.10 Å². The Labute approximate surface area is 405 Å². The largest absolute Gasteiger partial charge is 0.464 e. The number of amides is 3. The number of nitrogens with zero attached hydrogens (tertiary/aromatic N) is 3. The van der Waals surface area contributed by atoms with Crippen molar-refractivity contribution in [3.63, 3.8) is 0 Å². The first-order valence-electron chi connectivity index (χ1n) is 24.4. The van der Waals surface area contributed by atoms with Crippen LogP contribution in [0.5, 0.6) is 0 Å². The van der Waals surface area contributed by atoms with E-state index in [4.69, 9.17) is 9.47 Å². The van der Waals surface area contributed by atoms with Gasteiger partial charge in [-0.05, 0) is 90.5 Å². The molecule has 3 aliphatic heterocycles. The van der Waals surface area contributed by atoms with Gasteiger partial charge in [0.05, 0.1) is 41.1 Å². The molecule has 70 heavy (non-hydrogen) atoms. The van der Waals surface area contributed by atoms with Crippen LogP contribution in [0.1, 0.15) is 96.4 Å². The summed E-state index contributed by atoms with van der Waals surface area (Å²) in [5, 5.41) is 11.3. The zero-order valence-corrected chi connectivity index (χ0v) is 39.7. The van der Waals surface area contributed by atoms with Crippen LogP contribution in [-0.2, 0) is 40.3 Å². The second-order valence-electron chi connectivity index (χ2n) is 19.8. The Morgan fingerprint density at radius 2 is 1.47 bits per heavy atom. The van der Waals surface area contributed by atoms with Gasteiger partial charge in [-0.1, -0.05) is 92.1 Å². The molecule has 1 unspecified atom stereocenters. The van der Waals surface area contributed by atoms with E-state index in [1.807, 2.05) is 54.6 Å². The van der Waals surface area contributed by atoms with Gasteiger partial charge in [-0.15, -0.1) is 0 Å². The third-order valence-corrected chi connectivity index (χ3v) is 16.9. The Balaban J connectivity index is 0.703. The summed E-state index contributed by atoms with van der Waals surface area (Å²) >= 11 is 0. The number of aromatic nitrogens is 2. The van der Waals surface area contributed by atoms with E-state index in [0.29, 0.717) is 60.6 Å². The van der Waals surface area contributed by atoms with Gasteiger partial charge in [0, 0.05) is 49.4 Å². The van der Waals surface area contributed by atoms with Crippen molar-refractivity contribution in [2.75, 3.05) is 51.7 Å². The second-order valence-corrected chi connectivity index (χ2v) is 21.5. The van der Waals surface area contributed by atoms with E-state index in [2.05, 4.69) is 20.2 Å². The van der Waals surface area contributed by atoms with E-state index < -0.39 is 56.4 Å². The van der Waals surface area contributed by atoms with Crippen molar-refractivity contribution in [2.45, 2.75) is 81.3 Å². The molecule has 6 aliphatic rings. The molecule has 3 saturated heterocycles. The second kappa shape index (κ2) is 19.5. The number of aromatic amines is 1. The number of ether oxygens (including phenoxy) is 2. The quantitative estimate of drug-likeness (QED) is 0.0925. The lowest BCUT2D eigenvalue weighted by Gasteiger charge is -2.53. The average molecular weight is 973 g/mol. The minimum absolute atomic E-state index is 0.0151. The van der Waals surface area contributed by atoms with Gasteiger partial charge in [0.2, 0.25) is 21.8 Å². The number of halogens is 1. The Morgan fingerprint density at radius 3 is 2.14 bits per heavy atom. The predicted molar refractivity (Wildman–Crippen MR) is 259 cm³/mol. The first kappa shape index (κ1) is 47.4. The Bertz CT molecular complexity index is 2950. The number of carbonyl (C=O) groups excluding carboxylic acids is 4. The SMILES string of the molecule is O=C(NS(=O)(=O)CC12CCC(NCC(=O)N3CCN(C(=O)c4cc(Cc5n[nH]c(=O)c6ccccc56)ccc4F)CC3)(CC1)CO2)C(C(=O)OCC1c2ccccc2-c2ccccc21)C1CCCCC1. The maximum absolute atomic E-state index is 15.1. The number of carbonyl (C=O) groups is 4. The highest BCUT2D eigenvalue weighted by Gasteiger charge is 2.52.